The van der Waals surface area contributed by atoms with Gasteiger partial charge in [0.2, 0.25) is 0 Å². The summed E-state index contributed by atoms with van der Waals surface area (Å²) >= 11 is 0. The van der Waals surface area contributed by atoms with Crippen LogP contribution in [0.1, 0.15) is 16.8 Å². The Balaban J connectivity index is 0.000000188. The van der Waals surface area contributed by atoms with Gasteiger partial charge in [-0.25, -0.2) is 0 Å². The van der Waals surface area contributed by atoms with Crippen molar-refractivity contribution in [3.05, 3.63) is 103 Å². The SMILES string of the molecule is C(=C\c1ccncc1)/c1ccccc1.C=Cc1ccccn1. The van der Waals surface area contributed by atoms with E-state index in [-0.39, 0.29) is 0 Å². The largest absolute Gasteiger partial charge is 0.265 e. The van der Waals surface area contributed by atoms with Crippen LogP contribution >= 0.6 is 0 Å². The Morgan fingerprint density at radius 2 is 1.32 bits per heavy atom. The van der Waals surface area contributed by atoms with E-state index >= 15 is 0 Å². The monoisotopic (exact) mass is 286 g/mol. The van der Waals surface area contributed by atoms with E-state index in [2.05, 4.69) is 40.8 Å². The van der Waals surface area contributed by atoms with Crippen LogP contribution in [0, 0.1) is 0 Å². The molecule has 3 rings (SSSR count). The lowest BCUT2D eigenvalue weighted by Gasteiger charge is -1.92. The van der Waals surface area contributed by atoms with Gasteiger partial charge >= 0.3 is 0 Å². The number of nitrogens with zero attached hydrogens (tertiary/aromatic N) is 2. The Bertz CT molecular complexity index is 648. The molecular weight excluding hydrogens is 268 g/mol. The molecule has 0 aliphatic carbocycles. The number of aromatic nitrogens is 2. The maximum Gasteiger partial charge on any atom is 0.0623 e. The summed E-state index contributed by atoms with van der Waals surface area (Å²) in [6.07, 6.45) is 11.2. The van der Waals surface area contributed by atoms with Crippen molar-refractivity contribution in [1.82, 2.24) is 9.97 Å². The highest BCUT2D eigenvalue weighted by Gasteiger charge is 1.85. The molecule has 108 valence electrons. The van der Waals surface area contributed by atoms with Crippen LogP contribution in [-0.4, -0.2) is 9.97 Å². The van der Waals surface area contributed by atoms with Crippen LogP contribution < -0.4 is 0 Å². The summed E-state index contributed by atoms with van der Waals surface area (Å²) in [5, 5.41) is 0. The summed E-state index contributed by atoms with van der Waals surface area (Å²) in [5.74, 6) is 0. The lowest BCUT2D eigenvalue weighted by molar-refractivity contribution is 1.30. The molecule has 0 fully saturated rings. The zero-order chi connectivity index (χ0) is 15.5. The Kier molecular flexibility index (Phi) is 6.32. The highest BCUT2D eigenvalue weighted by molar-refractivity contribution is 5.69. The van der Waals surface area contributed by atoms with Crippen molar-refractivity contribution in [1.29, 1.82) is 0 Å². The smallest absolute Gasteiger partial charge is 0.0623 e. The fourth-order valence-corrected chi connectivity index (χ4v) is 1.73. The van der Waals surface area contributed by atoms with Crippen LogP contribution in [0.3, 0.4) is 0 Å². The number of benzene rings is 1. The lowest BCUT2D eigenvalue weighted by atomic mass is 10.2. The molecule has 0 spiro atoms. The van der Waals surface area contributed by atoms with E-state index in [0.717, 1.165) is 5.69 Å². The summed E-state index contributed by atoms with van der Waals surface area (Å²) in [6, 6.07) is 19.9. The molecule has 0 bridgehead atoms. The summed E-state index contributed by atoms with van der Waals surface area (Å²) in [7, 11) is 0. The van der Waals surface area contributed by atoms with Crippen molar-refractivity contribution in [3.63, 3.8) is 0 Å². The number of rotatable bonds is 3. The van der Waals surface area contributed by atoms with Crippen molar-refractivity contribution >= 4 is 18.2 Å². The van der Waals surface area contributed by atoms with Crippen LogP contribution in [-0.2, 0) is 0 Å². The standard InChI is InChI=1S/C13H11N.C7H7N/c1-2-4-12(5-3-1)6-7-13-8-10-14-11-9-13;1-2-7-5-3-4-6-8-7/h1-11H;2-6H,1H2/b7-6+;. The zero-order valence-electron chi connectivity index (χ0n) is 12.3. The van der Waals surface area contributed by atoms with E-state index in [9.17, 15) is 0 Å². The molecule has 2 aromatic heterocycles. The van der Waals surface area contributed by atoms with E-state index in [1.54, 1.807) is 24.7 Å². The first-order valence-electron chi connectivity index (χ1n) is 7.05. The summed E-state index contributed by atoms with van der Waals surface area (Å²) in [5.41, 5.74) is 3.31. The molecule has 0 amide bonds. The molecule has 2 nitrogen and oxygen atoms in total. The second-order valence-electron chi connectivity index (χ2n) is 4.48. The second-order valence-corrected chi connectivity index (χ2v) is 4.48. The van der Waals surface area contributed by atoms with Crippen molar-refractivity contribution in [2.24, 2.45) is 0 Å². The van der Waals surface area contributed by atoms with Gasteiger partial charge in [-0.1, -0.05) is 55.1 Å². The maximum atomic E-state index is 3.98. The van der Waals surface area contributed by atoms with Gasteiger partial charge in [-0.3, -0.25) is 9.97 Å². The third-order valence-electron chi connectivity index (χ3n) is 2.87. The first-order valence-corrected chi connectivity index (χ1v) is 7.05. The first kappa shape index (κ1) is 15.4. The van der Waals surface area contributed by atoms with Crippen LogP contribution in [0.15, 0.2) is 85.8 Å². The van der Waals surface area contributed by atoms with Gasteiger partial charge in [0.25, 0.3) is 0 Å². The van der Waals surface area contributed by atoms with Crippen molar-refractivity contribution in [2.75, 3.05) is 0 Å². The quantitative estimate of drug-likeness (QED) is 0.679. The lowest BCUT2D eigenvalue weighted by Crippen LogP contribution is -1.73. The zero-order valence-corrected chi connectivity index (χ0v) is 12.3. The van der Waals surface area contributed by atoms with E-state index in [1.165, 1.54) is 11.1 Å². The average molecular weight is 286 g/mol. The Morgan fingerprint density at radius 1 is 0.682 bits per heavy atom. The number of pyridine rings is 2. The fraction of sp³-hybridized carbons (Fsp3) is 0. The third kappa shape index (κ3) is 5.55. The highest BCUT2D eigenvalue weighted by atomic mass is 14.6. The minimum Gasteiger partial charge on any atom is -0.265 e. The Labute approximate surface area is 131 Å². The molecule has 0 N–H and O–H groups in total. The Morgan fingerprint density at radius 3 is 1.86 bits per heavy atom. The third-order valence-corrected chi connectivity index (χ3v) is 2.87. The van der Waals surface area contributed by atoms with Crippen LogP contribution in [0.4, 0.5) is 0 Å². The van der Waals surface area contributed by atoms with Gasteiger partial charge in [0.15, 0.2) is 0 Å². The van der Waals surface area contributed by atoms with Crippen molar-refractivity contribution in [2.45, 2.75) is 0 Å². The summed E-state index contributed by atoms with van der Waals surface area (Å²) < 4.78 is 0. The first-order chi connectivity index (χ1) is 10.9. The number of hydrogen-bond acceptors (Lipinski definition) is 2. The summed E-state index contributed by atoms with van der Waals surface area (Å²) in [4.78, 5) is 7.95. The van der Waals surface area contributed by atoms with Crippen LogP contribution in [0.5, 0.6) is 0 Å². The highest BCUT2D eigenvalue weighted by Crippen LogP contribution is 2.06. The molecule has 0 aliphatic rings. The molecule has 3 aromatic rings. The maximum absolute atomic E-state index is 3.98. The molecule has 0 atom stereocenters. The number of hydrogen-bond donors (Lipinski definition) is 0. The van der Waals surface area contributed by atoms with E-state index in [1.807, 2.05) is 48.5 Å². The van der Waals surface area contributed by atoms with E-state index < -0.39 is 0 Å². The van der Waals surface area contributed by atoms with Crippen molar-refractivity contribution in [3.8, 4) is 0 Å². The van der Waals surface area contributed by atoms with Gasteiger partial charge < -0.3 is 0 Å². The van der Waals surface area contributed by atoms with Gasteiger partial charge in [-0.05, 0) is 41.5 Å². The predicted octanol–water partition coefficient (Wildman–Crippen LogP) is 4.98. The van der Waals surface area contributed by atoms with Crippen molar-refractivity contribution < 1.29 is 0 Å². The average Bonchev–Trinajstić information content (AvgIpc) is 2.63. The normalized spacial score (nSPS) is 9.82. The van der Waals surface area contributed by atoms with E-state index in [0.29, 0.717) is 0 Å². The molecule has 0 saturated heterocycles. The van der Waals surface area contributed by atoms with Gasteiger partial charge in [-0.15, -0.1) is 0 Å². The van der Waals surface area contributed by atoms with Crippen LogP contribution in [0.2, 0.25) is 0 Å². The molecule has 0 saturated carbocycles. The van der Waals surface area contributed by atoms with E-state index in [4.69, 9.17) is 0 Å². The van der Waals surface area contributed by atoms with Gasteiger partial charge in [-0.2, -0.15) is 0 Å². The molecule has 1 aromatic carbocycles. The van der Waals surface area contributed by atoms with Gasteiger partial charge in [0.05, 0.1) is 5.69 Å². The predicted molar refractivity (Wildman–Crippen MR) is 93.9 cm³/mol. The topological polar surface area (TPSA) is 25.8 Å². The summed E-state index contributed by atoms with van der Waals surface area (Å²) in [6.45, 7) is 3.57. The molecule has 22 heavy (non-hydrogen) atoms. The molecule has 0 unspecified atom stereocenters. The molecule has 0 radical (unpaired) electrons. The fourth-order valence-electron chi connectivity index (χ4n) is 1.73. The van der Waals surface area contributed by atoms with Crippen LogP contribution in [0.25, 0.3) is 18.2 Å². The molecule has 2 heteroatoms. The Hall–Kier alpha value is -3.00. The molecular formula is C20H18N2. The minimum atomic E-state index is 0.924. The molecule has 2 heterocycles. The van der Waals surface area contributed by atoms with Gasteiger partial charge in [0.1, 0.15) is 0 Å². The second kappa shape index (κ2) is 9.03. The minimum absolute atomic E-state index is 0.924. The van der Waals surface area contributed by atoms with Gasteiger partial charge in [0, 0.05) is 18.6 Å². The molecule has 0 aliphatic heterocycles.